The van der Waals surface area contributed by atoms with Crippen LogP contribution in [0.5, 0.6) is 0 Å². The van der Waals surface area contributed by atoms with Gasteiger partial charge in [0.15, 0.2) is 11.6 Å². The smallest absolute Gasteiger partial charge is 0.414 e. The first kappa shape index (κ1) is 24.3. The predicted molar refractivity (Wildman–Crippen MR) is 141 cm³/mol. The maximum Gasteiger partial charge on any atom is 0.414 e. The number of nitrogen functional groups attached to an aromatic ring is 1. The van der Waals surface area contributed by atoms with Crippen molar-refractivity contribution >= 4 is 34.6 Å². The average molecular weight is 501 g/mol. The van der Waals surface area contributed by atoms with Crippen LogP contribution in [0.15, 0.2) is 48.9 Å². The second kappa shape index (κ2) is 9.58. The molecule has 5 rings (SSSR count). The Balaban J connectivity index is 1.61. The van der Waals surface area contributed by atoms with E-state index in [9.17, 15) is 9.90 Å². The Kier molecular flexibility index (Phi) is 6.30. The first-order valence-electron chi connectivity index (χ1n) is 11.9. The van der Waals surface area contributed by atoms with Crippen molar-refractivity contribution in [1.29, 1.82) is 0 Å². The van der Waals surface area contributed by atoms with Gasteiger partial charge in [-0.25, -0.2) is 29.6 Å². The molecule has 0 unspecified atom stereocenters. The molecule has 1 saturated heterocycles. The fourth-order valence-electron chi connectivity index (χ4n) is 4.23. The summed E-state index contributed by atoms with van der Waals surface area (Å²) in [6.07, 6.45) is 3.76. The van der Waals surface area contributed by atoms with Gasteiger partial charge in [-0.3, -0.25) is 4.98 Å². The molecule has 1 aromatic carbocycles. The van der Waals surface area contributed by atoms with Crippen LogP contribution in [0, 0.1) is 0 Å². The largest absolute Gasteiger partial charge is 0.465 e. The summed E-state index contributed by atoms with van der Waals surface area (Å²) in [5, 5.41) is 9.68. The lowest BCUT2D eigenvalue weighted by molar-refractivity contribution is 0.122. The summed E-state index contributed by atoms with van der Waals surface area (Å²) < 4.78 is 5.53. The number of benzene rings is 1. The van der Waals surface area contributed by atoms with Crippen molar-refractivity contribution < 1.29 is 14.6 Å². The van der Waals surface area contributed by atoms with E-state index in [1.165, 1.54) is 0 Å². The SMILES string of the molecule is CC(C)(C)N(C(=O)O)c1ncc(-c2nc(N3CCOCC3)c3ncc(-c4cccc(N)c4)cc3n2)cn1. The molecule has 0 spiro atoms. The number of fused-ring (bicyclic) bond motifs is 1. The molecule has 37 heavy (non-hydrogen) atoms. The monoisotopic (exact) mass is 500 g/mol. The summed E-state index contributed by atoms with van der Waals surface area (Å²) in [6, 6.07) is 9.57. The molecule has 11 heteroatoms. The van der Waals surface area contributed by atoms with E-state index in [0.29, 0.717) is 60.2 Å². The molecule has 3 aromatic heterocycles. The molecule has 190 valence electrons. The van der Waals surface area contributed by atoms with Crippen molar-refractivity contribution in [2.24, 2.45) is 0 Å². The summed E-state index contributed by atoms with van der Waals surface area (Å²) in [5.41, 5.74) is 9.67. The fraction of sp³-hybridized carbons (Fsp3) is 0.308. The summed E-state index contributed by atoms with van der Waals surface area (Å²) in [5.74, 6) is 1.21. The lowest BCUT2D eigenvalue weighted by Crippen LogP contribution is -2.46. The number of hydrogen-bond acceptors (Lipinski definition) is 9. The number of morpholine rings is 1. The first-order valence-corrected chi connectivity index (χ1v) is 11.9. The van der Waals surface area contributed by atoms with Gasteiger partial charge >= 0.3 is 6.09 Å². The van der Waals surface area contributed by atoms with Gasteiger partial charge in [0, 0.05) is 48.5 Å². The molecule has 0 aliphatic carbocycles. The molecule has 0 atom stereocenters. The number of amides is 1. The number of anilines is 3. The molecule has 1 aliphatic heterocycles. The Hall–Kier alpha value is -4.38. The van der Waals surface area contributed by atoms with E-state index in [2.05, 4.69) is 14.9 Å². The second-order valence-corrected chi connectivity index (χ2v) is 9.75. The van der Waals surface area contributed by atoms with Crippen molar-refractivity contribution in [3.8, 4) is 22.5 Å². The van der Waals surface area contributed by atoms with Gasteiger partial charge in [0.25, 0.3) is 0 Å². The van der Waals surface area contributed by atoms with E-state index in [1.54, 1.807) is 39.4 Å². The van der Waals surface area contributed by atoms with Gasteiger partial charge < -0.3 is 20.5 Å². The van der Waals surface area contributed by atoms with Crippen molar-refractivity contribution in [2.45, 2.75) is 26.3 Å². The number of carbonyl (C=O) groups is 1. The van der Waals surface area contributed by atoms with Crippen molar-refractivity contribution in [2.75, 3.05) is 41.8 Å². The Bertz CT molecular complexity index is 1450. The molecule has 4 heterocycles. The van der Waals surface area contributed by atoms with Gasteiger partial charge in [-0.15, -0.1) is 0 Å². The topological polar surface area (TPSA) is 143 Å². The second-order valence-electron chi connectivity index (χ2n) is 9.75. The van der Waals surface area contributed by atoms with Gasteiger partial charge in [-0.2, -0.15) is 0 Å². The average Bonchev–Trinajstić information content (AvgIpc) is 2.87. The van der Waals surface area contributed by atoms with Crippen LogP contribution < -0.4 is 15.5 Å². The minimum Gasteiger partial charge on any atom is -0.465 e. The Morgan fingerprint density at radius 3 is 2.35 bits per heavy atom. The van der Waals surface area contributed by atoms with E-state index in [1.807, 2.05) is 30.3 Å². The van der Waals surface area contributed by atoms with Gasteiger partial charge in [-0.1, -0.05) is 12.1 Å². The highest BCUT2D eigenvalue weighted by molar-refractivity contribution is 5.90. The molecule has 1 amide bonds. The number of carboxylic acid groups (broad SMARTS) is 1. The van der Waals surface area contributed by atoms with Crippen LogP contribution in [0.2, 0.25) is 0 Å². The van der Waals surface area contributed by atoms with Crippen LogP contribution >= 0.6 is 0 Å². The molecule has 1 fully saturated rings. The lowest BCUT2D eigenvalue weighted by atomic mass is 10.1. The molecule has 0 bridgehead atoms. The van der Waals surface area contributed by atoms with Crippen molar-refractivity contribution in [3.05, 3.63) is 48.9 Å². The van der Waals surface area contributed by atoms with Crippen LogP contribution in [-0.2, 0) is 4.74 Å². The number of aromatic nitrogens is 5. The van der Waals surface area contributed by atoms with E-state index < -0.39 is 11.6 Å². The first-order chi connectivity index (χ1) is 17.7. The fourth-order valence-corrected chi connectivity index (χ4v) is 4.23. The molecular formula is C26H28N8O3. The number of pyridine rings is 1. The predicted octanol–water partition coefficient (Wildman–Crippen LogP) is 3.85. The number of rotatable bonds is 4. The zero-order valence-corrected chi connectivity index (χ0v) is 20.9. The number of ether oxygens (including phenoxy) is 1. The minimum absolute atomic E-state index is 0.0866. The third-order valence-electron chi connectivity index (χ3n) is 6.01. The summed E-state index contributed by atoms with van der Waals surface area (Å²) in [7, 11) is 0. The molecule has 0 radical (unpaired) electrons. The third-order valence-corrected chi connectivity index (χ3v) is 6.01. The highest BCUT2D eigenvalue weighted by atomic mass is 16.5. The van der Waals surface area contributed by atoms with Gasteiger partial charge in [0.05, 0.1) is 24.3 Å². The summed E-state index contributed by atoms with van der Waals surface area (Å²) in [4.78, 5) is 38.1. The Morgan fingerprint density at radius 2 is 1.70 bits per heavy atom. The highest BCUT2D eigenvalue weighted by Gasteiger charge is 2.30. The Labute approximate surface area is 214 Å². The maximum absolute atomic E-state index is 11.8. The summed E-state index contributed by atoms with van der Waals surface area (Å²) in [6.45, 7) is 7.90. The van der Waals surface area contributed by atoms with Gasteiger partial charge in [0.2, 0.25) is 5.95 Å². The van der Waals surface area contributed by atoms with Crippen LogP contribution in [0.25, 0.3) is 33.5 Å². The Morgan fingerprint density at radius 1 is 1.00 bits per heavy atom. The molecule has 1 aliphatic rings. The van der Waals surface area contributed by atoms with Crippen molar-refractivity contribution in [1.82, 2.24) is 24.9 Å². The zero-order chi connectivity index (χ0) is 26.2. The normalized spacial score (nSPS) is 14.1. The van der Waals surface area contributed by atoms with Crippen LogP contribution in [0.3, 0.4) is 0 Å². The van der Waals surface area contributed by atoms with Gasteiger partial charge in [-0.05, 0) is 44.5 Å². The molecule has 3 N–H and O–H groups in total. The number of nitrogens with two attached hydrogens (primary N) is 1. The van der Waals surface area contributed by atoms with Crippen LogP contribution in [-0.4, -0.2) is 68.0 Å². The maximum atomic E-state index is 11.8. The molecule has 11 nitrogen and oxygen atoms in total. The number of hydrogen-bond donors (Lipinski definition) is 2. The van der Waals surface area contributed by atoms with Crippen LogP contribution in [0.1, 0.15) is 20.8 Å². The van der Waals surface area contributed by atoms with Gasteiger partial charge in [0.1, 0.15) is 5.52 Å². The number of nitrogens with zero attached hydrogens (tertiary/aromatic N) is 7. The van der Waals surface area contributed by atoms with E-state index in [-0.39, 0.29) is 5.95 Å². The lowest BCUT2D eigenvalue weighted by Gasteiger charge is -2.31. The summed E-state index contributed by atoms with van der Waals surface area (Å²) >= 11 is 0. The van der Waals surface area contributed by atoms with E-state index >= 15 is 0 Å². The molecule has 4 aromatic rings. The highest BCUT2D eigenvalue weighted by Crippen LogP contribution is 2.30. The van der Waals surface area contributed by atoms with E-state index in [0.717, 1.165) is 16.0 Å². The minimum atomic E-state index is -1.13. The standard InChI is InChI=1S/C26H28N8O3/c1-26(2,3)34(25(35)36)24-29-14-18(15-30-24)22-31-20-12-17(16-5-4-6-19(27)11-16)13-28-21(20)23(32-22)33-7-9-37-10-8-33/h4-6,11-15H,7-10,27H2,1-3H3,(H,35,36). The van der Waals surface area contributed by atoms with E-state index in [4.69, 9.17) is 25.4 Å². The quantitative estimate of drug-likeness (QED) is 0.396. The zero-order valence-electron chi connectivity index (χ0n) is 20.9. The van der Waals surface area contributed by atoms with Crippen LogP contribution in [0.4, 0.5) is 22.2 Å². The van der Waals surface area contributed by atoms with Crippen molar-refractivity contribution in [3.63, 3.8) is 0 Å². The molecular weight excluding hydrogens is 472 g/mol. The molecule has 0 saturated carbocycles. The third kappa shape index (κ3) is 4.98.